The summed E-state index contributed by atoms with van der Waals surface area (Å²) in [6.07, 6.45) is 3.16. The van der Waals surface area contributed by atoms with Crippen LogP contribution in [0.1, 0.15) is 58.9 Å². The SMILES string of the molecule is O=C(O)c1nccn1C1Cc2cc(CN3C(=O)c4ccccc4C3=O)ccc2C1=O. The number of rotatable bonds is 4. The van der Waals surface area contributed by atoms with Crippen molar-refractivity contribution >= 4 is 23.6 Å². The molecule has 1 unspecified atom stereocenters. The number of hydrogen-bond acceptors (Lipinski definition) is 5. The normalized spacial score (nSPS) is 17.4. The van der Waals surface area contributed by atoms with Crippen molar-refractivity contribution in [2.75, 3.05) is 0 Å². The first-order valence-corrected chi connectivity index (χ1v) is 9.33. The molecule has 1 aliphatic heterocycles. The first-order valence-electron chi connectivity index (χ1n) is 9.33. The van der Waals surface area contributed by atoms with Crippen molar-refractivity contribution in [2.24, 2.45) is 0 Å². The van der Waals surface area contributed by atoms with Gasteiger partial charge in [0.05, 0.1) is 17.7 Å². The molecule has 0 bridgehead atoms. The number of carbonyl (C=O) groups excluding carboxylic acids is 3. The molecule has 1 N–H and O–H groups in total. The molecular weight excluding hydrogens is 386 g/mol. The van der Waals surface area contributed by atoms with Crippen molar-refractivity contribution in [2.45, 2.75) is 19.0 Å². The molecule has 8 nitrogen and oxygen atoms in total. The number of aromatic nitrogens is 2. The molecule has 0 saturated carbocycles. The maximum atomic E-state index is 12.8. The van der Waals surface area contributed by atoms with Gasteiger partial charge in [-0.05, 0) is 23.3 Å². The number of nitrogens with zero attached hydrogens (tertiary/aromatic N) is 3. The number of carboxylic acids is 1. The van der Waals surface area contributed by atoms with E-state index in [1.165, 1.54) is 21.9 Å². The van der Waals surface area contributed by atoms with Crippen LogP contribution in [0.25, 0.3) is 0 Å². The second-order valence-corrected chi connectivity index (χ2v) is 7.28. The average Bonchev–Trinajstić information content (AvgIpc) is 3.41. The zero-order valence-electron chi connectivity index (χ0n) is 15.6. The Labute approximate surface area is 170 Å². The molecule has 30 heavy (non-hydrogen) atoms. The lowest BCUT2D eigenvalue weighted by molar-refractivity contribution is 0.0637. The molecule has 2 heterocycles. The molecule has 0 saturated heterocycles. The number of hydrogen-bond donors (Lipinski definition) is 1. The van der Waals surface area contributed by atoms with E-state index in [0.717, 1.165) is 11.1 Å². The minimum absolute atomic E-state index is 0.101. The summed E-state index contributed by atoms with van der Waals surface area (Å²) in [6, 6.07) is 11.2. The quantitative estimate of drug-likeness (QED) is 0.672. The predicted molar refractivity (Wildman–Crippen MR) is 103 cm³/mol. The zero-order valence-corrected chi connectivity index (χ0v) is 15.6. The summed E-state index contributed by atoms with van der Waals surface area (Å²) < 4.78 is 1.37. The maximum Gasteiger partial charge on any atom is 0.372 e. The molecule has 1 atom stereocenters. The third-order valence-corrected chi connectivity index (χ3v) is 5.57. The highest BCUT2D eigenvalue weighted by Gasteiger charge is 2.37. The highest BCUT2D eigenvalue weighted by molar-refractivity contribution is 6.21. The van der Waals surface area contributed by atoms with Crippen molar-refractivity contribution in [3.8, 4) is 0 Å². The van der Waals surface area contributed by atoms with Crippen molar-refractivity contribution in [1.29, 1.82) is 0 Å². The minimum Gasteiger partial charge on any atom is -0.475 e. The molecule has 0 spiro atoms. The largest absolute Gasteiger partial charge is 0.475 e. The lowest BCUT2D eigenvalue weighted by Gasteiger charge is -2.14. The highest BCUT2D eigenvalue weighted by Crippen LogP contribution is 2.32. The Hall–Kier alpha value is -4.07. The molecule has 0 radical (unpaired) electrons. The highest BCUT2D eigenvalue weighted by atomic mass is 16.4. The van der Waals surface area contributed by atoms with Crippen LogP contribution >= 0.6 is 0 Å². The Morgan fingerprint density at radius 2 is 1.73 bits per heavy atom. The van der Waals surface area contributed by atoms with Crippen LogP contribution in [0, 0.1) is 0 Å². The van der Waals surface area contributed by atoms with Gasteiger partial charge in [0.1, 0.15) is 6.04 Å². The van der Waals surface area contributed by atoms with E-state index < -0.39 is 12.0 Å². The summed E-state index contributed by atoms with van der Waals surface area (Å²) in [5.74, 6) is -2.25. The third kappa shape index (κ3) is 2.57. The Balaban J connectivity index is 1.42. The van der Waals surface area contributed by atoms with Crippen LogP contribution < -0.4 is 0 Å². The summed E-state index contributed by atoms with van der Waals surface area (Å²) in [5, 5.41) is 9.28. The molecule has 3 aromatic rings. The molecule has 1 aromatic heterocycles. The van der Waals surface area contributed by atoms with E-state index in [1.54, 1.807) is 42.5 Å². The third-order valence-electron chi connectivity index (χ3n) is 5.57. The first kappa shape index (κ1) is 18.0. The van der Waals surface area contributed by atoms with E-state index in [9.17, 15) is 24.3 Å². The first-order chi connectivity index (χ1) is 14.5. The molecule has 2 aliphatic rings. The van der Waals surface area contributed by atoms with Crippen LogP contribution in [-0.2, 0) is 13.0 Å². The topological polar surface area (TPSA) is 110 Å². The van der Waals surface area contributed by atoms with E-state index in [2.05, 4.69) is 4.98 Å². The molecular formula is C22H15N3O5. The minimum atomic E-state index is -1.20. The monoisotopic (exact) mass is 401 g/mol. The second kappa shape index (κ2) is 6.48. The van der Waals surface area contributed by atoms with Gasteiger partial charge in [0.15, 0.2) is 5.78 Å². The van der Waals surface area contributed by atoms with E-state index >= 15 is 0 Å². The maximum absolute atomic E-state index is 12.8. The molecule has 148 valence electrons. The number of Topliss-reactive ketones (excluding diaryl/α,β-unsaturated/α-hetero) is 1. The smallest absolute Gasteiger partial charge is 0.372 e. The molecule has 0 fully saturated rings. The fourth-order valence-electron chi connectivity index (χ4n) is 4.16. The molecule has 5 rings (SSSR count). The van der Waals surface area contributed by atoms with Gasteiger partial charge in [0.2, 0.25) is 5.82 Å². The standard InChI is InChI=1S/C22H15N3O5/c26-18-14-6-5-12(11-25-20(27)15-3-1-2-4-16(15)21(25)28)9-13(14)10-17(18)24-8-7-23-19(24)22(29)30/h1-9,17H,10-11H2,(H,29,30). The van der Waals surface area contributed by atoms with E-state index in [4.69, 9.17) is 0 Å². The van der Waals surface area contributed by atoms with Crippen molar-refractivity contribution in [1.82, 2.24) is 14.5 Å². The van der Waals surface area contributed by atoms with Gasteiger partial charge in [0, 0.05) is 24.4 Å². The summed E-state index contributed by atoms with van der Waals surface area (Å²) in [5.41, 5.74) is 2.77. The number of amides is 2. The fourth-order valence-corrected chi connectivity index (χ4v) is 4.16. The van der Waals surface area contributed by atoms with Gasteiger partial charge in [-0.2, -0.15) is 0 Å². The number of imidazole rings is 1. The Morgan fingerprint density at radius 3 is 2.40 bits per heavy atom. The van der Waals surface area contributed by atoms with Crippen LogP contribution in [0.15, 0.2) is 54.9 Å². The van der Waals surface area contributed by atoms with Crippen LogP contribution in [0.2, 0.25) is 0 Å². The fraction of sp³-hybridized carbons (Fsp3) is 0.136. The zero-order chi connectivity index (χ0) is 21.0. The van der Waals surface area contributed by atoms with Gasteiger partial charge in [-0.3, -0.25) is 19.3 Å². The van der Waals surface area contributed by atoms with Gasteiger partial charge >= 0.3 is 5.97 Å². The predicted octanol–water partition coefficient (Wildman–Crippen LogP) is 2.36. The van der Waals surface area contributed by atoms with Crippen LogP contribution in [0.3, 0.4) is 0 Å². The molecule has 1 aliphatic carbocycles. The van der Waals surface area contributed by atoms with Gasteiger partial charge in [-0.15, -0.1) is 0 Å². The summed E-state index contributed by atoms with van der Waals surface area (Å²) in [7, 11) is 0. The lowest BCUT2D eigenvalue weighted by atomic mass is 10.1. The number of fused-ring (bicyclic) bond motifs is 2. The summed E-state index contributed by atoms with van der Waals surface area (Å²) >= 11 is 0. The summed E-state index contributed by atoms with van der Waals surface area (Å²) in [4.78, 5) is 54.4. The van der Waals surface area contributed by atoms with Crippen molar-refractivity contribution in [3.63, 3.8) is 0 Å². The Bertz CT molecular complexity index is 1220. The van der Waals surface area contributed by atoms with Crippen LogP contribution in [0.4, 0.5) is 0 Å². The van der Waals surface area contributed by atoms with Crippen molar-refractivity contribution in [3.05, 3.63) is 88.5 Å². The van der Waals surface area contributed by atoms with Gasteiger partial charge in [-0.1, -0.05) is 30.3 Å². The average molecular weight is 401 g/mol. The van der Waals surface area contributed by atoms with Gasteiger partial charge in [-0.25, -0.2) is 9.78 Å². The van der Waals surface area contributed by atoms with Crippen molar-refractivity contribution < 1.29 is 24.3 Å². The molecule has 8 heteroatoms. The summed E-state index contributed by atoms with van der Waals surface area (Å²) in [6.45, 7) is 0.101. The molecule has 2 amide bonds. The van der Waals surface area contributed by atoms with Gasteiger partial charge < -0.3 is 9.67 Å². The second-order valence-electron chi connectivity index (χ2n) is 7.28. The van der Waals surface area contributed by atoms with Crippen LogP contribution in [0.5, 0.6) is 0 Å². The number of aromatic carboxylic acids is 1. The lowest BCUT2D eigenvalue weighted by Crippen LogP contribution is -2.29. The number of carbonyl (C=O) groups is 4. The Kier molecular flexibility index (Phi) is 3.89. The molecule has 2 aromatic carbocycles. The van der Waals surface area contributed by atoms with E-state index in [0.29, 0.717) is 23.1 Å². The van der Waals surface area contributed by atoms with E-state index in [1.807, 2.05) is 0 Å². The van der Waals surface area contributed by atoms with Crippen LogP contribution in [-0.4, -0.2) is 43.1 Å². The number of carboxylic acid groups (broad SMARTS) is 1. The van der Waals surface area contributed by atoms with Gasteiger partial charge in [0.25, 0.3) is 11.8 Å². The number of benzene rings is 2. The Morgan fingerprint density at radius 1 is 1.03 bits per heavy atom. The van der Waals surface area contributed by atoms with E-state index in [-0.39, 0.29) is 30.0 Å². The number of ketones is 1. The number of imide groups is 1.